The van der Waals surface area contributed by atoms with Crippen molar-refractivity contribution in [3.63, 3.8) is 0 Å². The molecule has 1 aromatic rings. The molecule has 0 amide bonds. The first-order valence-corrected chi connectivity index (χ1v) is 7.76. The van der Waals surface area contributed by atoms with E-state index >= 15 is 0 Å². The van der Waals surface area contributed by atoms with Gasteiger partial charge in [-0.05, 0) is 30.5 Å². The molecule has 19 heavy (non-hydrogen) atoms. The van der Waals surface area contributed by atoms with E-state index in [1.54, 1.807) is 18.9 Å². The second-order valence-corrected chi connectivity index (χ2v) is 6.42. The fraction of sp³-hybridized carbons (Fsp3) is 0.500. The Morgan fingerprint density at radius 1 is 1.53 bits per heavy atom. The standard InChI is InChI=1S/C14H19ClN2OS/c1-9(2)6-11-8-19-14(17-11)16-10-4-5-13(18-3)12(15)7-10/h4-5,7,9,11H,6,8H2,1-3H3,(H,16,17). The number of amidine groups is 1. The average molecular weight is 299 g/mol. The fourth-order valence-electron chi connectivity index (χ4n) is 2.02. The van der Waals surface area contributed by atoms with Crippen molar-refractivity contribution < 1.29 is 4.74 Å². The van der Waals surface area contributed by atoms with Gasteiger partial charge < -0.3 is 10.1 Å². The molecule has 0 spiro atoms. The van der Waals surface area contributed by atoms with Crippen LogP contribution in [0.5, 0.6) is 5.75 Å². The Morgan fingerprint density at radius 3 is 2.95 bits per heavy atom. The number of methoxy groups -OCH3 is 1. The van der Waals surface area contributed by atoms with E-state index in [4.69, 9.17) is 16.3 Å². The van der Waals surface area contributed by atoms with Gasteiger partial charge in [-0.2, -0.15) is 0 Å². The predicted molar refractivity (Wildman–Crippen MR) is 84.8 cm³/mol. The maximum absolute atomic E-state index is 6.10. The Hall–Kier alpha value is -0.870. The summed E-state index contributed by atoms with van der Waals surface area (Å²) in [4.78, 5) is 4.69. The number of halogens is 1. The van der Waals surface area contributed by atoms with Gasteiger partial charge in [-0.25, -0.2) is 0 Å². The highest BCUT2D eigenvalue weighted by molar-refractivity contribution is 8.14. The number of nitrogens with one attached hydrogen (secondary N) is 1. The second kappa shape index (κ2) is 6.53. The normalized spacial score (nSPS) is 18.6. The Kier molecular flexibility index (Phi) is 4.99. The molecule has 0 fully saturated rings. The van der Waals surface area contributed by atoms with Crippen molar-refractivity contribution in [2.75, 3.05) is 18.2 Å². The third-order valence-corrected chi connectivity index (χ3v) is 4.19. The minimum absolute atomic E-state index is 0.432. The van der Waals surface area contributed by atoms with Crippen LogP contribution in [0.4, 0.5) is 5.69 Å². The summed E-state index contributed by atoms with van der Waals surface area (Å²) in [7, 11) is 1.61. The number of nitrogens with zero attached hydrogens (tertiary/aromatic N) is 1. The van der Waals surface area contributed by atoms with E-state index in [1.165, 1.54) is 0 Å². The zero-order valence-corrected chi connectivity index (χ0v) is 13.0. The van der Waals surface area contributed by atoms with Gasteiger partial charge in [-0.1, -0.05) is 37.2 Å². The van der Waals surface area contributed by atoms with Crippen molar-refractivity contribution in [2.24, 2.45) is 10.9 Å². The highest BCUT2D eigenvalue weighted by Gasteiger charge is 2.19. The number of thioether (sulfide) groups is 1. The zero-order chi connectivity index (χ0) is 13.8. The molecular weight excluding hydrogens is 280 g/mol. The molecule has 0 bridgehead atoms. The molecule has 1 N–H and O–H groups in total. The first-order chi connectivity index (χ1) is 9.08. The van der Waals surface area contributed by atoms with Crippen LogP contribution < -0.4 is 10.1 Å². The third-order valence-electron chi connectivity index (χ3n) is 2.86. The molecule has 1 aliphatic rings. The predicted octanol–water partition coefficient (Wildman–Crippen LogP) is 4.28. The van der Waals surface area contributed by atoms with Crippen LogP contribution in [-0.4, -0.2) is 24.1 Å². The van der Waals surface area contributed by atoms with Crippen LogP contribution in [0, 0.1) is 5.92 Å². The lowest BCUT2D eigenvalue weighted by Crippen LogP contribution is -2.08. The minimum atomic E-state index is 0.432. The molecule has 0 radical (unpaired) electrons. The largest absolute Gasteiger partial charge is 0.495 e. The lowest BCUT2D eigenvalue weighted by Gasteiger charge is -2.08. The summed E-state index contributed by atoms with van der Waals surface area (Å²) in [5.74, 6) is 2.43. The fourth-order valence-corrected chi connectivity index (χ4v) is 3.25. The Bertz CT molecular complexity index is 477. The van der Waals surface area contributed by atoms with Crippen LogP contribution in [0.25, 0.3) is 0 Å². The van der Waals surface area contributed by atoms with Gasteiger partial charge in [-0.3, -0.25) is 4.99 Å². The van der Waals surface area contributed by atoms with Crippen LogP contribution in [0.1, 0.15) is 20.3 Å². The Balaban J connectivity index is 2.00. The van der Waals surface area contributed by atoms with Crippen LogP contribution >= 0.6 is 23.4 Å². The summed E-state index contributed by atoms with van der Waals surface area (Å²) in [6.07, 6.45) is 1.14. The third kappa shape index (κ3) is 4.05. The maximum Gasteiger partial charge on any atom is 0.161 e. The summed E-state index contributed by atoms with van der Waals surface area (Å²) >= 11 is 7.87. The first kappa shape index (κ1) is 14.5. The number of benzene rings is 1. The summed E-state index contributed by atoms with van der Waals surface area (Å²) in [5, 5.41) is 4.89. The number of ether oxygens (including phenoxy) is 1. The average Bonchev–Trinajstić information content (AvgIpc) is 2.76. The Labute approximate surface area is 123 Å². The van der Waals surface area contributed by atoms with E-state index < -0.39 is 0 Å². The molecule has 2 rings (SSSR count). The monoisotopic (exact) mass is 298 g/mol. The molecule has 0 aromatic heterocycles. The van der Waals surface area contributed by atoms with Gasteiger partial charge in [0.1, 0.15) is 5.75 Å². The molecule has 1 aromatic carbocycles. The van der Waals surface area contributed by atoms with E-state index in [-0.39, 0.29) is 0 Å². The van der Waals surface area contributed by atoms with Crippen molar-refractivity contribution in [3.05, 3.63) is 23.2 Å². The quantitative estimate of drug-likeness (QED) is 0.901. The number of rotatable bonds is 4. The van der Waals surface area contributed by atoms with E-state index in [0.29, 0.717) is 22.7 Å². The molecule has 1 heterocycles. The van der Waals surface area contributed by atoms with Crippen LogP contribution in [0.2, 0.25) is 5.02 Å². The van der Waals surface area contributed by atoms with Gasteiger partial charge in [-0.15, -0.1) is 0 Å². The van der Waals surface area contributed by atoms with Crippen molar-refractivity contribution in [1.29, 1.82) is 0 Å². The topological polar surface area (TPSA) is 33.6 Å². The van der Waals surface area contributed by atoms with E-state index in [9.17, 15) is 0 Å². The molecule has 0 saturated carbocycles. The number of hydrogen-bond donors (Lipinski definition) is 1. The van der Waals surface area contributed by atoms with Crippen LogP contribution in [0.3, 0.4) is 0 Å². The van der Waals surface area contributed by atoms with Crippen molar-refractivity contribution in [3.8, 4) is 5.75 Å². The van der Waals surface area contributed by atoms with E-state index in [2.05, 4.69) is 24.2 Å². The zero-order valence-electron chi connectivity index (χ0n) is 11.4. The second-order valence-electron chi connectivity index (χ2n) is 5.00. The molecule has 0 aliphatic carbocycles. The van der Waals surface area contributed by atoms with Gasteiger partial charge in [0.05, 0.1) is 18.2 Å². The van der Waals surface area contributed by atoms with Crippen molar-refractivity contribution >= 4 is 34.2 Å². The van der Waals surface area contributed by atoms with Crippen molar-refractivity contribution in [1.82, 2.24) is 0 Å². The van der Waals surface area contributed by atoms with E-state index in [0.717, 1.165) is 23.0 Å². The summed E-state index contributed by atoms with van der Waals surface area (Å²) in [6.45, 7) is 4.46. The lowest BCUT2D eigenvalue weighted by atomic mass is 10.1. The van der Waals surface area contributed by atoms with Crippen LogP contribution in [0.15, 0.2) is 23.2 Å². The molecule has 104 valence electrons. The first-order valence-electron chi connectivity index (χ1n) is 6.39. The maximum atomic E-state index is 6.10. The number of aliphatic imine (C=N–C) groups is 1. The lowest BCUT2D eigenvalue weighted by molar-refractivity contribution is 0.415. The molecular formula is C14H19ClN2OS. The SMILES string of the molecule is COc1ccc(NC2=NC(CC(C)C)CS2)cc1Cl. The van der Waals surface area contributed by atoms with Gasteiger partial charge in [0.25, 0.3) is 0 Å². The minimum Gasteiger partial charge on any atom is -0.495 e. The summed E-state index contributed by atoms with van der Waals surface area (Å²) in [6, 6.07) is 6.10. The molecule has 0 saturated heterocycles. The van der Waals surface area contributed by atoms with Gasteiger partial charge in [0, 0.05) is 11.4 Å². The molecule has 1 atom stereocenters. The Morgan fingerprint density at radius 2 is 2.32 bits per heavy atom. The smallest absolute Gasteiger partial charge is 0.161 e. The number of anilines is 1. The highest BCUT2D eigenvalue weighted by Crippen LogP contribution is 2.29. The molecule has 1 aliphatic heterocycles. The van der Waals surface area contributed by atoms with Gasteiger partial charge >= 0.3 is 0 Å². The number of hydrogen-bond acceptors (Lipinski definition) is 4. The highest BCUT2D eigenvalue weighted by atomic mass is 35.5. The molecule has 1 unspecified atom stereocenters. The van der Waals surface area contributed by atoms with Gasteiger partial charge in [0.15, 0.2) is 5.17 Å². The summed E-state index contributed by atoms with van der Waals surface area (Å²) in [5.41, 5.74) is 0.947. The molecule has 5 heteroatoms. The van der Waals surface area contributed by atoms with Gasteiger partial charge in [0.2, 0.25) is 0 Å². The van der Waals surface area contributed by atoms with E-state index in [1.807, 2.05) is 18.2 Å². The van der Waals surface area contributed by atoms with Crippen molar-refractivity contribution in [2.45, 2.75) is 26.3 Å². The summed E-state index contributed by atoms with van der Waals surface area (Å²) < 4.78 is 5.14. The van der Waals surface area contributed by atoms with Crippen LogP contribution in [-0.2, 0) is 0 Å². The molecule has 3 nitrogen and oxygen atoms in total.